The molecular weight excluding hydrogens is 421 g/mol. The van der Waals surface area contributed by atoms with Crippen molar-refractivity contribution in [1.29, 1.82) is 0 Å². The molecule has 0 saturated heterocycles. The molecule has 0 aliphatic heterocycles. The summed E-state index contributed by atoms with van der Waals surface area (Å²) in [6.07, 6.45) is 0. The van der Waals surface area contributed by atoms with Crippen LogP contribution in [-0.4, -0.2) is 47.1 Å². The Morgan fingerprint density at radius 2 is 1.91 bits per heavy atom. The van der Waals surface area contributed by atoms with Crippen LogP contribution in [0.3, 0.4) is 0 Å². The summed E-state index contributed by atoms with van der Waals surface area (Å²) in [5.41, 5.74) is 8.18. The van der Waals surface area contributed by atoms with E-state index in [4.69, 9.17) is 15.1 Å². The minimum atomic E-state index is -1.53. The van der Waals surface area contributed by atoms with Crippen molar-refractivity contribution in [1.82, 2.24) is 9.97 Å². The zero-order chi connectivity index (χ0) is 23.7. The molecule has 0 unspecified atom stereocenters. The van der Waals surface area contributed by atoms with Crippen molar-refractivity contribution in [2.45, 2.75) is 13.5 Å². The molecule has 168 valence electrons. The lowest BCUT2D eigenvalue weighted by Crippen LogP contribution is -2.30. The SMILES string of the molecule is Cc1oc2c(C(N)=O)cccc2c1-c1nc(NCc2cccc(B(O)O)c2)cc(N(C)C)n1. The highest BCUT2D eigenvalue weighted by atomic mass is 16.4. The van der Waals surface area contributed by atoms with Gasteiger partial charge in [-0.25, -0.2) is 9.97 Å². The Balaban J connectivity index is 1.75. The van der Waals surface area contributed by atoms with E-state index in [2.05, 4.69) is 10.3 Å². The van der Waals surface area contributed by atoms with Gasteiger partial charge < -0.3 is 30.4 Å². The molecule has 1 amide bonds. The van der Waals surface area contributed by atoms with Crippen LogP contribution < -0.4 is 21.4 Å². The topological polar surface area (TPSA) is 138 Å². The quantitative estimate of drug-likeness (QED) is 0.315. The molecule has 0 atom stereocenters. The first-order chi connectivity index (χ1) is 15.7. The molecule has 2 aromatic carbocycles. The summed E-state index contributed by atoms with van der Waals surface area (Å²) in [6, 6.07) is 14.0. The second-order valence-electron chi connectivity index (χ2n) is 7.88. The first-order valence-corrected chi connectivity index (χ1v) is 10.3. The second-order valence-corrected chi connectivity index (χ2v) is 7.88. The molecule has 5 N–H and O–H groups in total. The summed E-state index contributed by atoms with van der Waals surface area (Å²) in [7, 11) is 2.24. The largest absolute Gasteiger partial charge is 0.488 e. The second kappa shape index (κ2) is 8.93. The number of anilines is 2. The maximum absolute atomic E-state index is 11.8. The number of primary amides is 1. The van der Waals surface area contributed by atoms with Gasteiger partial charge in [0.2, 0.25) is 0 Å². The van der Waals surface area contributed by atoms with Crippen molar-refractivity contribution in [2.75, 3.05) is 24.3 Å². The fraction of sp³-hybridized carbons (Fsp3) is 0.174. The highest BCUT2D eigenvalue weighted by Crippen LogP contribution is 2.35. The average Bonchev–Trinajstić information content (AvgIpc) is 3.13. The Hall–Kier alpha value is -3.89. The third kappa shape index (κ3) is 4.52. The number of nitrogens with two attached hydrogens (primary N) is 1. The van der Waals surface area contributed by atoms with Crippen LogP contribution >= 0.6 is 0 Å². The van der Waals surface area contributed by atoms with Crippen molar-refractivity contribution in [3.8, 4) is 11.4 Å². The van der Waals surface area contributed by atoms with E-state index in [0.29, 0.717) is 57.3 Å². The fourth-order valence-corrected chi connectivity index (χ4v) is 3.63. The summed E-state index contributed by atoms with van der Waals surface area (Å²) in [6.45, 7) is 2.21. The molecule has 0 fully saturated rings. The normalized spacial score (nSPS) is 10.9. The molecule has 0 radical (unpaired) electrons. The lowest BCUT2D eigenvalue weighted by atomic mass is 9.80. The number of furan rings is 1. The molecule has 33 heavy (non-hydrogen) atoms. The van der Waals surface area contributed by atoms with E-state index in [-0.39, 0.29) is 0 Å². The molecule has 4 rings (SSSR count). The number of rotatable bonds is 7. The molecule has 0 bridgehead atoms. The van der Waals surface area contributed by atoms with Gasteiger partial charge in [-0.1, -0.05) is 36.4 Å². The van der Waals surface area contributed by atoms with Crippen LogP contribution in [0.2, 0.25) is 0 Å². The van der Waals surface area contributed by atoms with Crippen molar-refractivity contribution in [3.05, 3.63) is 65.4 Å². The van der Waals surface area contributed by atoms with Crippen LogP contribution in [0.25, 0.3) is 22.4 Å². The minimum absolute atomic E-state index is 0.301. The van der Waals surface area contributed by atoms with Gasteiger partial charge in [-0.3, -0.25) is 4.79 Å². The molecule has 4 aromatic rings. The molecule has 2 heterocycles. The number of benzene rings is 2. The third-order valence-electron chi connectivity index (χ3n) is 5.27. The van der Waals surface area contributed by atoms with Crippen molar-refractivity contribution >= 4 is 41.1 Å². The van der Waals surface area contributed by atoms with Gasteiger partial charge in [-0.15, -0.1) is 0 Å². The van der Waals surface area contributed by atoms with Gasteiger partial charge in [0.05, 0.1) is 11.1 Å². The van der Waals surface area contributed by atoms with Crippen LogP contribution in [-0.2, 0) is 6.54 Å². The first-order valence-electron chi connectivity index (χ1n) is 10.3. The first kappa shape index (κ1) is 22.3. The van der Waals surface area contributed by atoms with Gasteiger partial charge in [0.15, 0.2) is 5.82 Å². The zero-order valence-electron chi connectivity index (χ0n) is 18.5. The predicted octanol–water partition coefficient (Wildman–Crippen LogP) is 1.66. The number of fused-ring (bicyclic) bond motifs is 1. The molecule has 9 nitrogen and oxygen atoms in total. The predicted molar refractivity (Wildman–Crippen MR) is 128 cm³/mol. The Morgan fingerprint density at radius 1 is 1.15 bits per heavy atom. The molecule has 10 heteroatoms. The number of nitrogens with one attached hydrogen (secondary N) is 1. The number of para-hydroxylation sites is 1. The smallest absolute Gasteiger partial charge is 0.460 e. The van der Waals surface area contributed by atoms with Gasteiger partial charge in [-0.2, -0.15) is 0 Å². The number of carbonyl (C=O) groups excluding carboxylic acids is 1. The van der Waals surface area contributed by atoms with Crippen LogP contribution in [0.4, 0.5) is 11.6 Å². The number of nitrogens with zero attached hydrogens (tertiary/aromatic N) is 3. The Morgan fingerprint density at radius 3 is 2.61 bits per heavy atom. The number of hydrogen-bond donors (Lipinski definition) is 4. The highest BCUT2D eigenvalue weighted by molar-refractivity contribution is 6.58. The Kier molecular flexibility index (Phi) is 6.04. The van der Waals surface area contributed by atoms with Crippen molar-refractivity contribution < 1.29 is 19.3 Å². The monoisotopic (exact) mass is 445 g/mol. The van der Waals surface area contributed by atoms with Crippen LogP contribution in [0.15, 0.2) is 52.9 Å². The molecule has 0 saturated carbocycles. The maximum atomic E-state index is 11.8. The van der Waals surface area contributed by atoms with Crippen LogP contribution in [0.5, 0.6) is 0 Å². The van der Waals surface area contributed by atoms with E-state index < -0.39 is 13.0 Å². The summed E-state index contributed by atoms with van der Waals surface area (Å²) in [4.78, 5) is 23.1. The molecule has 2 aromatic heterocycles. The van der Waals surface area contributed by atoms with Gasteiger partial charge in [-0.05, 0) is 24.0 Å². The van der Waals surface area contributed by atoms with Gasteiger partial charge >= 0.3 is 7.12 Å². The summed E-state index contributed by atoms with van der Waals surface area (Å²) >= 11 is 0. The van der Waals surface area contributed by atoms with Crippen molar-refractivity contribution in [2.24, 2.45) is 5.73 Å². The van der Waals surface area contributed by atoms with Crippen molar-refractivity contribution in [3.63, 3.8) is 0 Å². The van der Waals surface area contributed by atoms with E-state index >= 15 is 0 Å². The van der Waals surface area contributed by atoms with Gasteiger partial charge in [0, 0.05) is 32.1 Å². The standard InChI is InChI=1S/C23H24BN5O4/c1-13-20(16-8-5-9-17(22(25)30)21(16)33-13)23-27-18(11-19(28-23)29(2)3)26-12-14-6-4-7-15(10-14)24(31)32/h4-11,31-32H,12H2,1-3H3,(H2,25,30)(H,26,27,28). The van der Waals surface area contributed by atoms with E-state index in [1.807, 2.05) is 37.2 Å². The average molecular weight is 445 g/mol. The summed E-state index contributed by atoms with van der Waals surface area (Å²) in [5, 5.41) is 22.8. The van der Waals surface area contributed by atoms with Gasteiger partial charge in [0.25, 0.3) is 5.91 Å². The highest BCUT2D eigenvalue weighted by Gasteiger charge is 2.21. The van der Waals surface area contributed by atoms with Gasteiger partial charge in [0.1, 0.15) is 23.0 Å². The Bertz CT molecular complexity index is 1340. The number of carbonyl (C=O) groups is 1. The summed E-state index contributed by atoms with van der Waals surface area (Å²) in [5.74, 6) is 1.72. The number of hydrogen-bond acceptors (Lipinski definition) is 8. The van der Waals surface area contributed by atoms with Crippen LogP contribution in [0.1, 0.15) is 21.7 Å². The Labute approximate surface area is 191 Å². The molecule has 0 aliphatic carbocycles. The molecule has 0 aliphatic rings. The van der Waals surface area contributed by atoms with E-state index in [1.54, 1.807) is 37.3 Å². The third-order valence-corrected chi connectivity index (χ3v) is 5.27. The van der Waals surface area contributed by atoms with Crippen LogP contribution in [0, 0.1) is 6.92 Å². The zero-order valence-corrected chi connectivity index (χ0v) is 18.5. The number of aromatic nitrogens is 2. The van der Waals surface area contributed by atoms with E-state index in [9.17, 15) is 14.8 Å². The minimum Gasteiger partial charge on any atom is -0.460 e. The molecule has 0 spiro atoms. The van der Waals surface area contributed by atoms with E-state index in [1.165, 1.54) is 0 Å². The lowest BCUT2D eigenvalue weighted by molar-refractivity contribution is 0.100. The van der Waals surface area contributed by atoms with E-state index in [0.717, 1.165) is 5.56 Å². The number of aryl methyl sites for hydroxylation is 1. The summed E-state index contributed by atoms with van der Waals surface area (Å²) < 4.78 is 5.89. The maximum Gasteiger partial charge on any atom is 0.488 e. The molecular formula is C23H24BN5O4. The number of amides is 1. The lowest BCUT2D eigenvalue weighted by Gasteiger charge is -2.15. The fourth-order valence-electron chi connectivity index (χ4n) is 3.63.